The van der Waals surface area contributed by atoms with Gasteiger partial charge < -0.3 is 0 Å². The molecule has 0 bridgehead atoms. The summed E-state index contributed by atoms with van der Waals surface area (Å²) < 4.78 is 0. The molecule has 1 aliphatic rings. The molecule has 112 valence electrons. The van der Waals surface area contributed by atoms with Gasteiger partial charge in [-0.25, -0.2) is 4.90 Å². The van der Waals surface area contributed by atoms with Gasteiger partial charge in [0.2, 0.25) is 0 Å². The van der Waals surface area contributed by atoms with E-state index in [1.165, 1.54) is 0 Å². The lowest BCUT2D eigenvalue weighted by Gasteiger charge is -2.14. The Bertz CT molecular complexity index is 692. The van der Waals surface area contributed by atoms with E-state index in [4.69, 9.17) is 10.4 Å². The van der Waals surface area contributed by atoms with E-state index in [0.717, 1.165) is 4.90 Å². The van der Waals surface area contributed by atoms with Gasteiger partial charge in [0.25, 0.3) is 11.8 Å². The highest BCUT2D eigenvalue weighted by atomic mass is 17.1. The summed E-state index contributed by atoms with van der Waals surface area (Å²) >= 11 is 0. The average Bonchev–Trinajstić information content (AvgIpc) is 2.78. The molecule has 1 heterocycles. The molecular formula is C15H13N2O5+. The minimum atomic E-state index is -1.11. The van der Waals surface area contributed by atoms with Crippen LogP contribution in [0, 0.1) is 0 Å². The van der Waals surface area contributed by atoms with Crippen LogP contribution in [0.15, 0.2) is 48.5 Å². The van der Waals surface area contributed by atoms with Crippen LogP contribution in [0.25, 0.3) is 0 Å². The van der Waals surface area contributed by atoms with Crippen LogP contribution in [0.1, 0.15) is 26.3 Å². The maximum absolute atomic E-state index is 12.3. The molecule has 2 aromatic rings. The van der Waals surface area contributed by atoms with Crippen molar-refractivity contribution in [3.05, 3.63) is 65.2 Å². The fourth-order valence-electron chi connectivity index (χ4n) is 2.31. The zero-order valence-electron chi connectivity index (χ0n) is 11.4. The van der Waals surface area contributed by atoms with Gasteiger partial charge in [0.1, 0.15) is 6.61 Å². The van der Waals surface area contributed by atoms with Gasteiger partial charge >= 0.3 is 0 Å². The first-order valence-electron chi connectivity index (χ1n) is 6.52. The van der Waals surface area contributed by atoms with Crippen molar-refractivity contribution < 1.29 is 30.2 Å². The summed E-state index contributed by atoms with van der Waals surface area (Å²) in [6, 6.07) is 13.2. The molecule has 0 unspecified atom stereocenters. The van der Waals surface area contributed by atoms with Crippen molar-refractivity contribution in [3.8, 4) is 0 Å². The first-order chi connectivity index (χ1) is 10.6. The van der Waals surface area contributed by atoms with Crippen molar-refractivity contribution >= 4 is 17.5 Å². The number of nitrogens with one attached hydrogen (secondary N) is 1. The zero-order chi connectivity index (χ0) is 15.7. The summed E-state index contributed by atoms with van der Waals surface area (Å²) in [6.45, 7) is -0.0231. The SMILES string of the molecule is O=C1c2ccccc2C(=O)N1c1ccc(CO[NH+](O)O)cc1. The third kappa shape index (κ3) is 2.49. The molecule has 0 atom stereocenters. The smallest absolute Gasteiger partial charge is 0.266 e. The predicted octanol–water partition coefficient (Wildman–Crippen LogP) is 0.582. The van der Waals surface area contributed by atoms with E-state index < -0.39 is 5.39 Å². The fourth-order valence-corrected chi connectivity index (χ4v) is 2.31. The van der Waals surface area contributed by atoms with Crippen molar-refractivity contribution in [1.29, 1.82) is 0 Å². The Labute approximate surface area is 125 Å². The van der Waals surface area contributed by atoms with Gasteiger partial charge in [-0.3, -0.25) is 9.59 Å². The van der Waals surface area contributed by atoms with Crippen molar-refractivity contribution in [2.75, 3.05) is 4.90 Å². The van der Waals surface area contributed by atoms with Crippen LogP contribution in [0.4, 0.5) is 5.69 Å². The number of rotatable bonds is 4. The van der Waals surface area contributed by atoms with Crippen molar-refractivity contribution in [1.82, 2.24) is 0 Å². The Kier molecular flexibility index (Phi) is 3.70. The third-order valence-corrected chi connectivity index (χ3v) is 3.36. The number of imide groups is 1. The van der Waals surface area contributed by atoms with Gasteiger partial charge in [0, 0.05) is 0 Å². The number of carbonyl (C=O) groups excluding carboxylic acids is 2. The monoisotopic (exact) mass is 301 g/mol. The van der Waals surface area contributed by atoms with E-state index >= 15 is 0 Å². The first-order valence-corrected chi connectivity index (χ1v) is 6.52. The Morgan fingerprint density at radius 2 is 1.45 bits per heavy atom. The average molecular weight is 301 g/mol. The van der Waals surface area contributed by atoms with Gasteiger partial charge in [-0.05, 0) is 29.8 Å². The molecule has 3 rings (SSSR count). The van der Waals surface area contributed by atoms with Crippen LogP contribution in [0.5, 0.6) is 0 Å². The summed E-state index contributed by atoms with van der Waals surface area (Å²) in [5, 5.41) is 16.0. The van der Waals surface area contributed by atoms with Gasteiger partial charge in [-0.1, -0.05) is 24.3 Å². The number of nitrogens with zero attached hydrogens (tertiary/aromatic N) is 1. The second-order valence-corrected chi connectivity index (χ2v) is 4.73. The molecule has 0 spiro atoms. The van der Waals surface area contributed by atoms with Crippen LogP contribution >= 0.6 is 0 Å². The Balaban J connectivity index is 1.84. The first kappa shape index (κ1) is 14.4. The lowest BCUT2D eigenvalue weighted by atomic mass is 10.1. The number of anilines is 1. The molecule has 0 fully saturated rings. The van der Waals surface area contributed by atoms with E-state index in [1.54, 1.807) is 48.5 Å². The number of hydrogen-bond donors (Lipinski definition) is 3. The second-order valence-electron chi connectivity index (χ2n) is 4.73. The minimum Gasteiger partial charge on any atom is -0.268 e. The van der Waals surface area contributed by atoms with Crippen LogP contribution in [-0.4, -0.2) is 22.2 Å². The van der Waals surface area contributed by atoms with Gasteiger partial charge in [0.05, 0.1) is 22.2 Å². The number of fused-ring (bicyclic) bond motifs is 1. The van der Waals surface area contributed by atoms with Crippen LogP contribution in [-0.2, 0) is 11.4 Å². The second kappa shape index (κ2) is 5.66. The van der Waals surface area contributed by atoms with Crippen LogP contribution < -0.4 is 10.3 Å². The largest absolute Gasteiger partial charge is 0.268 e. The molecule has 7 heteroatoms. The molecule has 22 heavy (non-hydrogen) atoms. The summed E-state index contributed by atoms with van der Waals surface area (Å²) in [5.41, 5.74) is 1.90. The normalized spacial score (nSPS) is 13.9. The number of carbonyl (C=O) groups is 2. The Morgan fingerprint density at radius 3 is 1.95 bits per heavy atom. The number of amides is 2. The van der Waals surface area contributed by atoms with E-state index in [2.05, 4.69) is 4.84 Å². The van der Waals surface area contributed by atoms with E-state index in [1.807, 2.05) is 0 Å². The van der Waals surface area contributed by atoms with Gasteiger partial charge in [-0.2, -0.15) is 0 Å². The molecule has 0 saturated carbocycles. The van der Waals surface area contributed by atoms with E-state index in [0.29, 0.717) is 22.4 Å². The molecule has 1 aliphatic heterocycles. The summed E-state index contributed by atoms with van der Waals surface area (Å²) in [5.74, 6) is -0.711. The number of benzene rings is 2. The Hall–Kier alpha value is -2.58. The van der Waals surface area contributed by atoms with Crippen LogP contribution in [0.3, 0.4) is 0 Å². The van der Waals surface area contributed by atoms with Gasteiger partial charge in [-0.15, -0.1) is 15.3 Å². The molecular weight excluding hydrogens is 288 g/mol. The Morgan fingerprint density at radius 1 is 0.909 bits per heavy atom. The summed E-state index contributed by atoms with van der Waals surface area (Å²) in [7, 11) is 0. The highest BCUT2D eigenvalue weighted by Crippen LogP contribution is 2.28. The topological polar surface area (TPSA) is 91.5 Å². The lowest BCUT2D eigenvalue weighted by Crippen LogP contribution is -3.06. The maximum atomic E-state index is 12.3. The molecule has 2 amide bonds. The van der Waals surface area contributed by atoms with Gasteiger partial charge in [0.15, 0.2) is 0 Å². The molecule has 0 radical (unpaired) electrons. The molecule has 7 nitrogen and oxygen atoms in total. The molecule has 2 aromatic carbocycles. The molecule has 0 aliphatic carbocycles. The lowest BCUT2D eigenvalue weighted by molar-refractivity contribution is -1.37. The quantitative estimate of drug-likeness (QED) is 0.567. The molecule has 0 aromatic heterocycles. The van der Waals surface area contributed by atoms with E-state index in [-0.39, 0.29) is 18.4 Å². The predicted molar refractivity (Wildman–Crippen MR) is 73.3 cm³/mol. The third-order valence-electron chi connectivity index (χ3n) is 3.36. The molecule has 3 N–H and O–H groups in total. The zero-order valence-corrected chi connectivity index (χ0v) is 11.4. The van der Waals surface area contributed by atoms with E-state index in [9.17, 15) is 9.59 Å². The highest BCUT2D eigenvalue weighted by Gasteiger charge is 2.36. The fraction of sp³-hybridized carbons (Fsp3) is 0.0667. The molecule has 0 saturated heterocycles. The maximum Gasteiger partial charge on any atom is 0.266 e. The number of quaternary nitrogens is 1. The number of hydrogen-bond acceptors (Lipinski definition) is 5. The van der Waals surface area contributed by atoms with Crippen molar-refractivity contribution in [2.45, 2.75) is 6.61 Å². The van der Waals surface area contributed by atoms with Crippen molar-refractivity contribution in [3.63, 3.8) is 0 Å². The van der Waals surface area contributed by atoms with Crippen molar-refractivity contribution in [2.24, 2.45) is 0 Å². The summed E-state index contributed by atoms with van der Waals surface area (Å²) in [6.07, 6.45) is 0. The summed E-state index contributed by atoms with van der Waals surface area (Å²) in [4.78, 5) is 30.3. The minimum absolute atomic E-state index is 0.0231. The standard InChI is InChI=1S/C15H13N2O5/c18-14-12-3-1-2-4-13(12)15(19)16(14)11-7-5-10(6-8-11)9-22-17(20)21/h1-8,17,20-21H,9H2/q+1. The van der Waals surface area contributed by atoms with Crippen LogP contribution in [0.2, 0.25) is 0 Å². The highest BCUT2D eigenvalue weighted by molar-refractivity contribution is 6.34.